The van der Waals surface area contributed by atoms with Gasteiger partial charge in [0.2, 0.25) is 5.91 Å². The highest BCUT2D eigenvalue weighted by Gasteiger charge is 2.14. The normalized spacial score (nSPS) is 9.78. The van der Waals surface area contributed by atoms with Gasteiger partial charge in [-0.05, 0) is 30.3 Å². The predicted octanol–water partition coefficient (Wildman–Crippen LogP) is 4.10. The summed E-state index contributed by atoms with van der Waals surface area (Å²) in [7, 11) is 0. The molecule has 0 spiro atoms. The van der Waals surface area contributed by atoms with Crippen LogP contribution in [0.15, 0.2) is 42.5 Å². The molecule has 2 aromatic rings. The third-order valence-corrected chi connectivity index (χ3v) is 3.43. The minimum atomic E-state index is -0.463. The number of anilines is 2. The van der Waals surface area contributed by atoms with Crippen LogP contribution >= 0.6 is 23.2 Å². The largest absolute Gasteiger partial charge is 0.323 e. The molecule has 2 rings (SSSR count). The van der Waals surface area contributed by atoms with Gasteiger partial charge in [-0.25, -0.2) is 0 Å². The predicted molar refractivity (Wildman–Crippen MR) is 89.7 cm³/mol. The van der Waals surface area contributed by atoms with E-state index in [4.69, 9.17) is 28.5 Å². The van der Waals surface area contributed by atoms with Crippen molar-refractivity contribution in [1.82, 2.24) is 0 Å². The fourth-order valence-electron chi connectivity index (χ4n) is 1.83. The van der Waals surface area contributed by atoms with Gasteiger partial charge in [-0.2, -0.15) is 5.26 Å². The van der Waals surface area contributed by atoms with E-state index in [1.165, 1.54) is 12.1 Å². The molecule has 0 bridgehead atoms. The molecule has 7 heteroatoms. The van der Waals surface area contributed by atoms with Crippen LogP contribution in [-0.2, 0) is 4.79 Å². The zero-order chi connectivity index (χ0) is 16.8. The summed E-state index contributed by atoms with van der Waals surface area (Å²) in [6.45, 7) is 0. The first-order valence-electron chi connectivity index (χ1n) is 6.53. The first-order chi connectivity index (χ1) is 11.0. The Morgan fingerprint density at radius 1 is 1.04 bits per heavy atom. The van der Waals surface area contributed by atoms with Crippen LogP contribution in [0.25, 0.3) is 0 Å². The van der Waals surface area contributed by atoms with Crippen LogP contribution in [0.3, 0.4) is 0 Å². The van der Waals surface area contributed by atoms with Crippen molar-refractivity contribution in [2.24, 2.45) is 0 Å². The Kier molecular flexibility index (Phi) is 5.58. The minimum absolute atomic E-state index is 0.220. The van der Waals surface area contributed by atoms with E-state index >= 15 is 0 Å². The molecule has 0 aliphatic rings. The highest BCUT2D eigenvalue weighted by atomic mass is 35.5. The second kappa shape index (κ2) is 7.63. The van der Waals surface area contributed by atoms with Crippen molar-refractivity contribution in [3.8, 4) is 6.07 Å². The van der Waals surface area contributed by atoms with E-state index in [2.05, 4.69) is 10.6 Å². The van der Waals surface area contributed by atoms with Gasteiger partial charge >= 0.3 is 0 Å². The van der Waals surface area contributed by atoms with Crippen LogP contribution in [0.2, 0.25) is 10.0 Å². The molecular formula is C16H11Cl2N3O2. The molecule has 0 saturated carbocycles. The molecule has 5 nitrogen and oxygen atoms in total. The molecule has 0 atom stereocenters. The number of hydrogen-bond acceptors (Lipinski definition) is 3. The maximum Gasteiger partial charge on any atom is 0.257 e. The maximum atomic E-state index is 12.3. The molecule has 0 fully saturated rings. The molecule has 2 amide bonds. The van der Waals surface area contributed by atoms with Crippen molar-refractivity contribution in [2.75, 3.05) is 10.6 Å². The number of nitrogens with zero attached hydrogens (tertiary/aromatic N) is 1. The Labute approximate surface area is 142 Å². The number of amides is 2. The summed E-state index contributed by atoms with van der Waals surface area (Å²) < 4.78 is 0. The Morgan fingerprint density at radius 3 is 2.35 bits per heavy atom. The van der Waals surface area contributed by atoms with E-state index in [9.17, 15) is 9.59 Å². The molecular weight excluding hydrogens is 337 g/mol. The summed E-state index contributed by atoms with van der Waals surface area (Å²) in [4.78, 5) is 23.9. The van der Waals surface area contributed by atoms with Crippen molar-refractivity contribution < 1.29 is 9.59 Å². The van der Waals surface area contributed by atoms with Crippen LogP contribution in [0, 0.1) is 11.3 Å². The lowest BCUT2D eigenvalue weighted by molar-refractivity contribution is -0.115. The molecule has 116 valence electrons. The molecule has 0 aliphatic heterocycles. The highest BCUT2D eigenvalue weighted by molar-refractivity contribution is 6.36. The number of hydrogen-bond donors (Lipinski definition) is 2. The van der Waals surface area contributed by atoms with Gasteiger partial charge in [-0.15, -0.1) is 0 Å². The molecule has 2 N–H and O–H groups in total. The number of rotatable bonds is 4. The van der Waals surface area contributed by atoms with Gasteiger partial charge in [0.25, 0.3) is 5.91 Å². The van der Waals surface area contributed by atoms with Crippen LogP contribution in [0.4, 0.5) is 11.4 Å². The monoisotopic (exact) mass is 347 g/mol. The number of nitriles is 1. The van der Waals surface area contributed by atoms with E-state index < -0.39 is 11.8 Å². The number of carbonyl (C=O) groups is 2. The highest BCUT2D eigenvalue weighted by Crippen LogP contribution is 2.25. The summed E-state index contributed by atoms with van der Waals surface area (Å²) in [5.74, 6) is -0.922. The fourth-order valence-corrected chi connectivity index (χ4v) is 2.20. The molecule has 0 unspecified atom stereocenters. The topological polar surface area (TPSA) is 82.0 Å². The van der Waals surface area contributed by atoms with Crippen molar-refractivity contribution in [3.05, 3.63) is 58.1 Å². The van der Waals surface area contributed by atoms with Gasteiger partial charge in [0.05, 0.1) is 28.0 Å². The second-order valence-corrected chi connectivity index (χ2v) is 5.35. The molecule has 0 aliphatic carbocycles. The SMILES string of the molecule is N#CCC(=O)Nc1ccccc1NC(=O)c1cc(Cl)ccc1Cl. The van der Waals surface area contributed by atoms with Gasteiger partial charge in [-0.1, -0.05) is 35.3 Å². The number of halogens is 2. The zero-order valence-electron chi connectivity index (χ0n) is 11.8. The average Bonchev–Trinajstić information content (AvgIpc) is 2.51. The van der Waals surface area contributed by atoms with Crippen LogP contribution < -0.4 is 10.6 Å². The number of nitrogens with one attached hydrogen (secondary N) is 2. The lowest BCUT2D eigenvalue weighted by Gasteiger charge is -2.12. The van der Waals surface area contributed by atoms with Crippen LogP contribution in [-0.4, -0.2) is 11.8 Å². The third-order valence-electron chi connectivity index (χ3n) is 2.86. The molecule has 0 heterocycles. The second-order valence-electron chi connectivity index (χ2n) is 4.51. The first-order valence-corrected chi connectivity index (χ1v) is 7.29. The lowest BCUT2D eigenvalue weighted by Crippen LogP contribution is -2.16. The van der Waals surface area contributed by atoms with Gasteiger partial charge in [-0.3, -0.25) is 9.59 Å². The first kappa shape index (κ1) is 16.8. The van der Waals surface area contributed by atoms with E-state index in [0.29, 0.717) is 16.4 Å². The number of para-hydroxylation sites is 2. The summed E-state index contributed by atoms with van der Waals surface area (Å²) in [5.41, 5.74) is 0.997. The Bertz CT molecular complexity index is 800. The van der Waals surface area contributed by atoms with Gasteiger partial charge in [0.1, 0.15) is 6.42 Å². The quantitative estimate of drug-likeness (QED) is 0.873. The summed E-state index contributed by atoms with van der Waals surface area (Å²) in [5, 5.41) is 14.4. The molecule has 2 aromatic carbocycles. The Morgan fingerprint density at radius 2 is 1.70 bits per heavy atom. The van der Waals surface area contributed by atoms with Gasteiger partial charge < -0.3 is 10.6 Å². The smallest absolute Gasteiger partial charge is 0.257 e. The maximum absolute atomic E-state index is 12.3. The summed E-state index contributed by atoms with van der Waals surface area (Å²) >= 11 is 11.9. The minimum Gasteiger partial charge on any atom is -0.323 e. The van der Waals surface area contributed by atoms with Crippen molar-refractivity contribution >= 4 is 46.4 Å². The van der Waals surface area contributed by atoms with E-state index in [1.807, 2.05) is 0 Å². The van der Waals surface area contributed by atoms with Crippen molar-refractivity contribution in [3.63, 3.8) is 0 Å². The zero-order valence-corrected chi connectivity index (χ0v) is 13.3. The number of benzene rings is 2. The molecule has 0 saturated heterocycles. The standard InChI is InChI=1S/C16H11Cl2N3O2/c17-10-5-6-12(18)11(9-10)16(23)21-14-4-2-1-3-13(14)20-15(22)7-8-19/h1-6,9H,7H2,(H,20,22)(H,21,23). The average molecular weight is 348 g/mol. The Hall–Kier alpha value is -2.55. The van der Waals surface area contributed by atoms with E-state index in [1.54, 1.807) is 36.4 Å². The number of carbonyl (C=O) groups excluding carboxylic acids is 2. The van der Waals surface area contributed by atoms with Crippen molar-refractivity contribution in [2.45, 2.75) is 6.42 Å². The Balaban J connectivity index is 2.23. The lowest BCUT2D eigenvalue weighted by atomic mass is 10.2. The van der Waals surface area contributed by atoms with E-state index in [-0.39, 0.29) is 17.0 Å². The van der Waals surface area contributed by atoms with Crippen LogP contribution in [0.1, 0.15) is 16.8 Å². The summed E-state index contributed by atoms with van der Waals surface area (Å²) in [6, 6.07) is 13.0. The molecule has 0 radical (unpaired) electrons. The van der Waals surface area contributed by atoms with E-state index in [0.717, 1.165) is 0 Å². The fraction of sp³-hybridized carbons (Fsp3) is 0.0625. The van der Waals surface area contributed by atoms with Crippen molar-refractivity contribution in [1.29, 1.82) is 5.26 Å². The third kappa shape index (κ3) is 4.46. The molecule has 0 aromatic heterocycles. The summed E-state index contributed by atoms with van der Waals surface area (Å²) in [6.07, 6.45) is -0.275. The van der Waals surface area contributed by atoms with Crippen LogP contribution in [0.5, 0.6) is 0 Å². The van der Waals surface area contributed by atoms with Gasteiger partial charge in [0.15, 0.2) is 0 Å². The van der Waals surface area contributed by atoms with Gasteiger partial charge in [0, 0.05) is 5.02 Å². The molecule has 23 heavy (non-hydrogen) atoms.